The van der Waals surface area contributed by atoms with Gasteiger partial charge in [0.15, 0.2) is 6.61 Å². The minimum absolute atomic E-state index is 0.0733. The normalized spacial score (nSPS) is 15.8. The molecule has 1 aromatic carbocycles. The zero-order chi connectivity index (χ0) is 14.7. The number of likely N-dealkylation sites (N-methyl/N-ethyl adjacent to an activating group) is 1. The van der Waals surface area contributed by atoms with Crippen LogP contribution in [-0.4, -0.2) is 35.1 Å². The van der Waals surface area contributed by atoms with Crippen LogP contribution in [-0.2, 0) is 4.79 Å². The summed E-state index contributed by atoms with van der Waals surface area (Å²) in [5.74, 6) is -0.162. The first-order valence-corrected chi connectivity index (χ1v) is 6.92. The Morgan fingerprint density at radius 2 is 2.25 bits per heavy atom. The van der Waals surface area contributed by atoms with Gasteiger partial charge in [0.1, 0.15) is 11.6 Å². The summed E-state index contributed by atoms with van der Waals surface area (Å²) in [6, 6.07) is 4.27. The summed E-state index contributed by atoms with van der Waals surface area (Å²) in [5.41, 5.74) is 0.354. The second-order valence-electron chi connectivity index (χ2n) is 5.06. The Morgan fingerprint density at radius 1 is 1.55 bits per heavy atom. The third kappa shape index (κ3) is 3.48. The molecule has 0 aliphatic heterocycles. The third-order valence-electron chi connectivity index (χ3n) is 3.42. The van der Waals surface area contributed by atoms with E-state index in [0.717, 1.165) is 12.8 Å². The van der Waals surface area contributed by atoms with Gasteiger partial charge >= 0.3 is 0 Å². The first-order valence-electron chi connectivity index (χ1n) is 6.92. The van der Waals surface area contributed by atoms with Gasteiger partial charge in [-0.15, -0.1) is 0 Å². The number of rotatable bonds is 6. The van der Waals surface area contributed by atoms with E-state index in [1.54, 1.807) is 4.90 Å². The molecule has 20 heavy (non-hydrogen) atoms. The molecular formula is C15H20FNO3. The molecule has 1 amide bonds. The molecule has 0 heterocycles. The van der Waals surface area contributed by atoms with Crippen molar-refractivity contribution in [2.45, 2.75) is 38.8 Å². The highest BCUT2D eigenvalue weighted by Gasteiger charge is 2.31. The van der Waals surface area contributed by atoms with Crippen molar-refractivity contribution in [3.05, 3.63) is 29.6 Å². The van der Waals surface area contributed by atoms with Crippen LogP contribution in [0.4, 0.5) is 4.39 Å². The van der Waals surface area contributed by atoms with Gasteiger partial charge in [0.05, 0.1) is 6.10 Å². The lowest BCUT2D eigenvalue weighted by molar-refractivity contribution is -0.133. The summed E-state index contributed by atoms with van der Waals surface area (Å²) in [6.07, 6.45) is 1.26. The summed E-state index contributed by atoms with van der Waals surface area (Å²) >= 11 is 0. The van der Waals surface area contributed by atoms with Gasteiger partial charge in [-0.25, -0.2) is 4.39 Å². The number of hydrogen-bond donors (Lipinski definition) is 1. The highest BCUT2D eigenvalue weighted by atomic mass is 19.1. The van der Waals surface area contributed by atoms with E-state index in [1.807, 2.05) is 6.92 Å². The molecule has 0 aromatic heterocycles. The fraction of sp³-hybridized carbons (Fsp3) is 0.533. The SMILES string of the molecule is CCN(C(=O)COc1ccc(F)cc1[C@@H](C)O)C1CC1. The summed E-state index contributed by atoms with van der Waals surface area (Å²) in [7, 11) is 0. The van der Waals surface area contributed by atoms with Crippen LogP contribution in [0.15, 0.2) is 18.2 Å². The number of aliphatic hydroxyl groups is 1. The van der Waals surface area contributed by atoms with Gasteiger partial charge in [-0.3, -0.25) is 4.79 Å². The van der Waals surface area contributed by atoms with Gasteiger partial charge in [-0.1, -0.05) is 0 Å². The van der Waals surface area contributed by atoms with E-state index >= 15 is 0 Å². The second kappa shape index (κ2) is 6.22. The largest absolute Gasteiger partial charge is 0.483 e. The van der Waals surface area contributed by atoms with Crippen LogP contribution in [0.5, 0.6) is 5.75 Å². The van der Waals surface area contributed by atoms with E-state index in [4.69, 9.17) is 4.74 Å². The molecule has 0 radical (unpaired) electrons. The molecule has 1 aliphatic rings. The minimum atomic E-state index is -0.846. The Labute approximate surface area is 118 Å². The fourth-order valence-electron chi connectivity index (χ4n) is 2.22. The number of nitrogens with zero attached hydrogens (tertiary/aromatic N) is 1. The van der Waals surface area contributed by atoms with Crippen LogP contribution in [0.1, 0.15) is 38.4 Å². The Kier molecular flexibility index (Phi) is 4.60. The molecule has 4 nitrogen and oxygen atoms in total. The van der Waals surface area contributed by atoms with Crippen molar-refractivity contribution in [3.63, 3.8) is 0 Å². The maximum Gasteiger partial charge on any atom is 0.260 e. The molecular weight excluding hydrogens is 261 g/mol. The average Bonchev–Trinajstić information content (AvgIpc) is 3.22. The first-order chi connectivity index (χ1) is 9.52. The Balaban J connectivity index is 2.01. The van der Waals surface area contributed by atoms with Crippen molar-refractivity contribution in [1.29, 1.82) is 0 Å². The molecule has 1 aromatic rings. The maximum atomic E-state index is 13.2. The smallest absolute Gasteiger partial charge is 0.260 e. The number of carbonyl (C=O) groups excluding carboxylic acids is 1. The van der Waals surface area contributed by atoms with Gasteiger partial charge in [-0.2, -0.15) is 0 Å². The molecule has 1 N–H and O–H groups in total. The summed E-state index contributed by atoms with van der Waals surface area (Å²) in [6.45, 7) is 4.05. The van der Waals surface area contributed by atoms with E-state index in [2.05, 4.69) is 0 Å². The van der Waals surface area contributed by atoms with Crippen LogP contribution >= 0.6 is 0 Å². The average molecular weight is 281 g/mol. The van der Waals surface area contributed by atoms with Crippen molar-refractivity contribution in [2.24, 2.45) is 0 Å². The van der Waals surface area contributed by atoms with Crippen molar-refractivity contribution < 1.29 is 19.0 Å². The first kappa shape index (κ1) is 14.8. The lowest BCUT2D eigenvalue weighted by Crippen LogP contribution is -2.36. The molecule has 2 rings (SSSR count). The molecule has 1 fully saturated rings. The van der Waals surface area contributed by atoms with Crippen molar-refractivity contribution in [1.82, 2.24) is 4.90 Å². The lowest BCUT2D eigenvalue weighted by atomic mass is 10.1. The molecule has 0 saturated heterocycles. The van der Waals surface area contributed by atoms with Crippen molar-refractivity contribution in [3.8, 4) is 5.75 Å². The molecule has 1 atom stereocenters. The van der Waals surface area contributed by atoms with E-state index in [9.17, 15) is 14.3 Å². The molecule has 0 bridgehead atoms. The number of halogens is 1. The summed E-state index contributed by atoms with van der Waals surface area (Å²) in [4.78, 5) is 13.8. The Hall–Kier alpha value is -1.62. The van der Waals surface area contributed by atoms with Gasteiger partial charge in [0, 0.05) is 18.2 Å². The molecule has 110 valence electrons. The molecule has 0 unspecified atom stereocenters. The van der Waals surface area contributed by atoms with E-state index in [1.165, 1.54) is 25.1 Å². The molecule has 0 spiro atoms. The van der Waals surface area contributed by atoms with Gasteiger partial charge in [-0.05, 0) is 44.9 Å². The third-order valence-corrected chi connectivity index (χ3v) is 3.42. The maximum absolute atomic E-state index is 13.2. The van der Waals surface area contributed by atoms with E-state index < -0.39 is 11.9 Å². The van der Waals surface area contributed by atoms with E-state index in [0.29, 0.717) is 23.9 Å². The number of hydrogen-bond acceptors (Lipinski definition) is 3. The fourth-order valence-corrected chi connectivity index (χ4v) is 2.22. The number of amides is 1. The van der Waals surface area contributed by atoms with Crippen LogP contribution in [0, 0.1) is 5.82 Å². The predicted molar refractivity (Wildman–Crippen MR) is 72.9 cm³/mol. The lowest BCUT2D eigenvalue weighted by Gasteiger charge is -2.21. The van der Waals surface area contributed by atoms with Crippen LogP contribution < -0.4 is 4.74 Å². The van der Waals surface area contributed by atoms with Gasteiger partial charge < -0.3 is 14.7 Å². The monoisotopic (exact) mass is 281 g/mol. The Morgan fingerprint density at radius 3 is 2.80 bits per heavy atom. The topological polar surface area (TPSA) is 49.8 Å². The van der Waals surface area contributed by atoms with Crippen LogP contribution in [0.25, 0.3) is 0 Å². The predicted octanol–water partition coefficient (Wildman–Crippen LogP) is 2.27. The standard InChI is InChI=1S/C15H20FNO3/c1-3-17(12-5-6-12)15(19)9-20-14-7-4-11(16)8-13(14)10(2)18/h4,7-8,10,12,18H,3,5-6,9H2,1-2H3/t10-/m1/s1. The van der Waals surface area contributed by atoms with Crippen molar-refractivity contribution in [2.75, 3.05) is 13.2 Å². The zero-order valence-corrected chi connectivity index (χ0v) is 11.8. The number of carbonyl (C=O) groups is 1. The number of aliphatic hydroxyl groups excluding tert-OH is 1. The molecule has 5 heteroatoms. The Bertz CT molecular complexity index is 486. The van der Waals surface area contributed by atoms with Gasteiger partial charge in [0.25, 0.3) is 5.91 Å². The molecule has 1 aliphatic carbocycles. The number of ether oxygens (including phenoxy) is 1. The summed E-state index contributed by atoms with van der Waals surface area (Å²) < 4.78 is 18.6. The van der Waals surface area contributed by atoms with Gasteiger partial charge in [0.2, 0.25) is 0 Å². The zero-order valence-electron chi connectivity index (χ0n) is 11.8. The highest BCUT2D eigenvalue weighted by molar-refractivity contribution is 5.78. The number of benzene rings is 1. The second-order valence-corrected chi connectivity index (χ2v) is 5.06. The quantitative estimate of drug-likeness (QED) is 0.870. The minimum Gasteiger partial charge on any atom is -0.483 e. The molecule has 1 saturated carbocycles. The van der Waals surface area contributed by atoms with Crippen molar-refractivity contribution >= 4 is 5.91 Å². The van der Waals surface area contributed by atoms with E-state index in [-0.39, 0.29) is 12.5 Å². The van der Waals surface area contributed by atoms with Crippen LogP contribution in [0.2, 0.25) is 0 Å². The summed E-state index contributed by atoms with van der Waals surface area (Å²) in [5, 5.41) is 9.61. The highest BCUT2D eigenvalue weighted by Crippen LogP contribution is 2.28. The van der Waals surface area contributed by atoms with Crippen LogP contribution in [0.3, 0.4) is 0 Å².